The third-order valence-electron chi connectivity index (χ3n) is 3.74. The Morgan fingerprint density at radius 3 is 2.52 bits per heavy atom. The number of rotatable bonds is 6. The average Bonchev–Trinajstić information content (AvgIpc) is 2.93. The summed E-state index contributed by atoms with van der Waals surface area (Å²) in [4.78, 5) is 2.81. The molecule has 0 aliphatic rings. The molecule has 0 bridgehead atoms. The highest BCUT2D eigenvalue weighted by atomic mass is 79.9. The minimum Gasteiger partial charge on any atom is -0.309 e. The second-order valence-electron chi connectivity index (χ2n) is 5.64. The Morgan fingerprint density at radius 1 is 1.14 bits per heavy atom. The van der Waals surface area contributed by atoms with Crippen molar-refractivity contribution < 1.29 is 0 Å². The van der Waals surface area contributed by atoms with Crippen LogP contribution in [0.25, 0.3) is 10.4 Å². The van der Waals surface area contributed by atoms with Crippen molar-refractivity contribution in [2.24, 2.45) is 5.92 Å². The predicted molar refractivity (Wildman–Crippen MR) is 98.1 cm³/mol. The fourth-order valence-corrected chi connectivity index (χ4v) is 4.37. The van der Waals surface area contributed by atoms with Gasteiger partial charge in [0.25, 0.3) is 0 Å². The maximum absolute atomic E-state index is 3.60. The first-order chi connectivity index (χ1) is 10.1. The lowest BCUT2D eigenvalue weighted by molar-refractivity contribution is 0.428. The van der Waals surface area contributed by atoms with E-state index in [0.717, 1.165) is 17.4 Å². The molecule has 0 amide bonds. The number of nitrogens with one attached hydrogen (secondary N) is 1. The maximum Gasteiger partial charge on any atom is 0.0438 e. The van der Waals surface area contributed by atoms with Gasteiger partial charge in [0.05, 0.1) is 0 Å². The van der Waals surface area contributed by atoms with Gasteiger partial charge in [-0.05, 0) is 54.3 Å². The molecule has 2 aromatic rings. The summed E-state index contributed by atoms with van der Waals surface area (Å²) in [7, 11) is 0. The number of hydrogen-bond donors (Lipinski definition) is 1. The monoisotopic (exact) mass is 365 g/mol. The van der Waals surface area contributed by atoms with Crippen LogP contribution in [0.2, 0.25) is 0 Å². The number of thiophene rings is 1. The summed E-state index contributed by atoms with van der Waals surface area (Å²) in [6, 6.07) is 11.6. The minimum absolute atomic E-state index is 0.453. The third kappa shape index (κ3) is 3.97. The molecule has 2 rings (SSSR count). The molecule has 0 spiro atoms. The van der Waals surface area contributed by atoms with E-state index in [1.165, 1.54) is 20.9 Å². The van der Waals surface area contributed by atoms with Crippen molar-refractivity contribution >= 4 is 27.3 Å². The van der Waals surface area contributed by atoms with E-state index in [2.05, 4.69) is 79.3 Å². The molecule has 1 N–H and O–H groups in total. The van der Waals surface area contributed by atoms with E-state index in [1.807, 2.05) is 11.3 Å². The van der Waals surface area contributed by atoms with Crippen LogP contribution in [0.15, 0.2) is 34.8 Å². The van der Waals surface area contributed by atoms with Gasteiger partial charge in [-0.3, -0.25) is 0 Å². The van der Waals surface area contributed by atoms with Crippen LogP contribution in [-0.2, 0) is 6.42 Å². The topological polar surface area (TPSA) is 12.0 Å². The molecule has 1 atom stereocenters. The van der Waals surface area contributed by atoms with Crippen LogP contribution in [0.1, 0.15) is 44.2 Å². The molecule has 1 aromatic heterocycles. The average molecular weight is 366 g/mol. The first-order valence-corrected chi connectivity index (χ1v) is 9.29. The van der Waals surface area contributed by atoms with Crippen LogP contribution in [0, 0.1) is 5.92 Å². The minimum atomic E-state index is 0.453. The first-order valence-electron chi connectivity index (χ1n) is 7.68. The molecule has 0 radical (unpaired) electrons. The molecule has 0 saturated heterocycles. The zero-order valence-electron chi connectivity index (χ0n) is 13.2. The highest BCUT2D eigenvalue weighted by molar-refractivity contribution is 9.10. The van der Waals surface area contributed by atoms with Gasteiger partial charge in [-0.25, -0.2) is 0 Å². The molecule has 1 heterocycles. The van der Waals surface area contributed by atoms with E-state index >= 15 is 0 Å². The van der Waals surface area contributed by atoms with Crippen molar-refractivity contribution in [3.63, 3.8) is 0 Å². The Hall–Kier alpha value is -0.640. The lowest BCUT2D eigenvalue weighted by atomic mass is 10.0. The molecule has 114 valence electrons. The second-order valence-corrected chi connectivity index (χ2v) is 7.67. The molecule has 1 aromatic carbocycles. The predicted octanol–water partition coefficient (Wildman–Crippen LogP) is 6.05. The van der Waals surface area contributed by atoms with Gasteiger partial charge in [0.15, 0.2) is 0 Å². The molecule has 1 unspecified atom stereocenters. The summed E-state index contributed by atoms with van der Waals surface area (Å²) in [5.74, 6) is 0.604. The molecular formula is C18H24BrNS. The second kappa shape index (κ2) is 7.57. The van der Waals surface area contributed by atoms with Crippen LogP contribution < -0.4 is 5.32 Å². The lowest BCUT2D eigenvalue weighted by Crippen LogP contribution is -2.24. The van der Waals surface area contributed by atoms with E-state index in [1.54, 1.807) is 0 Å². The number of halogens is 1. The Kier molecular flexibility index (Phi) is 6.03. The number of aryl methyl sites for hydroxylation is 1. The normalized spacial score (nSPS) is 12.9. The van der Waals surface area contributed by atoms with Crippen LogP contribution in [-0.4, -0.2) is 6.54 Å². The van der Waals surface area contributed by atoms with E-state index < -0.39 is 0 Å². The van der Waals surface area contributed by atoms with Gasteiger partial charge in [-0.15, -0.1) is 11.3 Å². The standard InChI is InChI=1S/C18H24BrNS/c1-5-13-11-14(19)7-8-15(13)16-9-10-17(21-16)18(12(3)4)20-6-2/h7-12,18,20H,5-6H2,1-4H3. The van der Waals surface area contributed by atoms with E-state index in [0.29, 0.717) is 12.0 Å². The van der Waals surface area contributed by atoms with Crippen molar-refractivity contribution in [2.45, 2.75) is 40.2 Å². The Morgan fingerprint density at radius 2 is 1.90 bits per heavy atom. The van der Waals surface area contributed by atoms with Crippen molar-refractivity contribution in [3.8, 4) is 10.4 Å². The van der Waals surface area contributed by atoms with Crippen molar-refractivity contribution in [3.05, 3.63) is 45.2 Å². The first kappa shape index (κ1) is 16.7. The molecule has 0 saturated carbocycles. The molecule has 21 heavy (non-hydrogen) atoms. The van der Waals surface area contributed by atoms with Crippen LogP contribution in [0.3, 0.4) is 0 Å². The summed E-state index contributed by atoms with van der Waals surface area (Å²) in [5.41, 5.74) is 2.78. The highest BCUT2D eigenvalue weighted by Gasteiger charge is 2.17. The van der Waals surface area contributed by atoms with Gasteiger partial charge in [-0.2, -0.15) is 0 Å². The molecule has 0 aliphatic carbocycles. The molecular weight excluding hydrogens is 342 g/mol. The van der Waals surface area contributed by atoms with Gasteiger partial charge in [0.1, 0.15) is 0 Å². The van der Waals surface area contributed by atoms with Crippen LogP contribution >= 0.6 is 27.3 Å². The Balaban J connectivity index is 2.35. The summed E-state index contributed by atoms with van der Waals surface area (Å²) >= 11 is 5.49. The quantitative estimate of drug-likeness (QED) is 0.657. The summed E-state index contributed by atoms with van der Waals surface area (Å²) in [6.07, 6.45) is 1.06. The number of hydrogen-bond acceptors (Lipinski definition) is 2. The largest absolute Gasteiger partial charge is 0.309 e. The zero-order chi connectivity index (χ0) is 15.4. The Labute approximate surface area is 140 Å². The van der Waals surface area contributed by atoms with Gasteiger partial charge >= 0.3 is 0 Å². The van der Waals surface area contributed by atoms with Gasteiger partial charge in [-0.1, -0.05) is 49.7 Å². The SMILES string of the molecule is CCNC(c1ccc(-c2ccc(Br)cc2CC)s1)C(C)C. The molecule has 0 fully saturated rings. The smallest absolute Gasteiger partial charge is 0.0438 e. The van der Waals surface area contributed by atoms with Gasteiger partial charge in [0.2, 0.25) is 0 Å². The molecule has 1 nitrogen and oxygen atoms in total. The van der Waals surface area contributed by atoms with Gasteiger partial charge in [0, 0.05) is 20.3 Å². The number of benzene rings is 1. The summed E-state index contributed by atoms with van der Waals surface area (Å²) in [5, 5.41) is 3.60. The highest BCUT2D eigenvalue weighted by Crippen LogP contribution is 2.36. The van der Waals surface area contributed by atoms with E-state index in [4.69, 9.17) is 0 Å². The maximum atomic E-state index is 3.60. The van der Waals surface area contributed by atoms with Crippen molar-refractivity contribution in [1.82, 2.24) is 5.32 Å². The molecule has 3 heteroatoms. The van der Waals surface area contributed by atoms with Crippen LogP contribution in [0.5, 0.6) is 0 Å². The van der Waals surface area contributed by atoms with Crippen molar-refractivity contribution in [2.75, 3.05) is 6.54 Å². The molecule has 0 aliphatic heterocycles. The zero-order valence-corrected chi connectivity index (χ0v) is 15.6. The van der Waals surface area contributed by atoms with Crippen molar-refractivity contribution in [1.29, 1.82) is 0 Å². The fourth-order valence-electron chi connectivity index (χ4n) is 2.64. The Bertz CT molecular complexity index is 589. The fraction of sp³-hybridized carbons (Fsp3) is 0.444. The summed E-state index contributed by atoms with van der Waals surface area (Å²) < 4.78 is 1.16. The van der Waals surface area contributed by atoms with E-state index in [9.17, 15) is 0 Å². The van der Waals surface area contributed by atoms with Gasteiger partial charge < -0.3 is 5.32 Å². The van der Waals surface area contributed by atoms with Crippen LogP contribution in [0.4, 0.5) is 0 Å². The third-order valence-corrected chi connectivity index (χ3v) is 5.43. The summed E-state index contributed by atoms with van der Waals surface area (Å²) in [6.45, 7) is 9.96. The van der Waals surface area contributed by atoms with E-state index in [-0.39, 0.29) is 0 Å². The lowest BCUT2D eigenvalue weighted by Gasteiger charge is -2.20.